The van der Waals surface area contributed by atoms with Crippen LogP contribution in [0.4, 0.5) is 0 Å². The molecule has 0 amide bonds. The van der Waals surface area contributed by atoms with Gasteiger partial charge in [-0.2, -0.15) is 5.26 Å². The van der Waals surface area contributed by atoms with Gasteiger partial charge in [-0.05, 0) is 25.7 Å². The molecule has 0 N–H and O–H groups in total. The average molecular weight is 246 g/mol. The molecular weight excluding hydrogens is 228 g/mol. The summed E-state index contributed by atoms with van der Waals surface area (Å²) in [4.78, 5) is 6.14. The van der Waals surface area contributed by atoms with E-state index in [9.17, 15) is 0 Å². The van der Waals surface area contributed by atoms with Gasteiger partial charge in [0.1, 0.15) is 0 Å². The SMILES string of the molecule is N#CCc1sc(C2CCCCC2)nc1C1CC1. The fraction of sp³-hybridized carbons (Fsp3) is 0.714. The zero-order chi connectivity index (χ0) is 11.7. The third kappa shape index (κ3) is 2.37. The summed E-state index contributed by atoms with van der Waals surface area (Å²) in [6.45, 7) is 0. The van der Waals surface area contributed by atoms with E-state index in [0.717, 1.165) is 0 Å². The molecule has 0 spiro atoms. The highest BCUT2D eigenvalue weighted by atomic mass is 32.1. The van der Waals surface area contributed by atoms with E-state index in [1.54, 1.807) is 0 Å². The second-order valence-corrected chi connectivity index (χ2v) is 6.42. The van der Waals surface area contributed by atoms with Gasteiger partial charge in [-0.15, -0.1) is 11.3 Å². The molecule has 2 nitrogen and oxygen atoms in total. The van der Waals surface area contributed by atoms with E-state index < -0.39 is 0 Å². The number of hydrogen-bond acceptors (Lipinski definition) is 3. The van der Waals surface area contributed by atoms with Gasteiger partial charge < -0.3 is 0 Å². The third-order valence-electron chi connectivity index (χ3n) is 3.90. The molecule has 2 aliphatic rings. The van der Waals surface area contributed by atoms with Crippen molar-refractivity contribution in [1.29, 1.82) is 5.26 Å². The Morgan fingerprint density at radius 1 is 1.12 bits per heavy atom. The molecule has 1 heterocycles. The van der Waals surface area contributed by atoms with E-state index in [0.29, 0.717) is 18.3 Å². The number of hydrogen-bond donors (Lipinski definition) is 0. The summed E-state index contributed by atoms with van der Waals surface area (Å²) in [5.74, 6) is 1.38. The quantitative estimate of drug-likeness (QED) is 0.804. The van der Waals surface area contributed by atoms with Crippen molar-refractivity contribution >= 4 is 11.3 Å². The van der Waals surface area contributed by atoms with Gasteiger partial charge in [0, 0.05) is 16.7 Å². The molecular formula is C14H18N2S. The Balaban J connectivity index is 1.84. The molecule has 0 radical (unpaired) electrons. The van der Waals surface area contributed by atoms with Crippen LogP contribution in [-0.2, 0) is 6.42 Å². The van der Waals surface area contributed by atoms with Crippen molar-refractivity contribution in [3.05, 3.63) is 15.6 Å². The molecule has 0 aromatic carbocycles. The second kappa shape index (κ2) is 4.78. The van der Waals surface area contributed by atoms with Crippen LogP contribution in [0.15, 0.2) is 0 Å². The fourth-order valence-corrected chi connectivity index (χ4v) is 4.03. The van der Waals surface area contributed by atoms with E-state index in [-0.39, 0.29) is 0 Å². The maximum Gasteiger partial charge on any atom is 0.0962 e. The average Bonchev–Trinajstić information content (AvgIpc) is 3.13. The number of thiazole rings is 1. The van der Waals surface area contributed by atoms with E-state index in [2.05, 4.69) is 6.07 Å². The number of aromatic nitrogens is 1. The Morgan fingerprint density at radius 3 is 2.53 bits per heavy atom. The van der Waals surface area contributed by atoms with Crippen molar-refractivity contribution in [2.75, 3.05) is 0 Å². The van der Waals surface area contributed by atoms with Crippen LogP contribution in [0.25, 0.3) is 0 Å². The Bertz CT molecular complexity index is 434. The number of nitrogens with zero attached hydrogens (tertiary/aromatic N) is 2. The first-order valence-electron chi connectivity index (χ1n) is 6.75. The van der Waals surface area contributed by atoms with Crippen molar-refractivity contribution in [1.82, 2.24) is 4.98 Å². The molecule has 0 aliphatic heterocycles. The summed E-state index contributed by atoms with van der Waals surface area (Å²) in [5, 5.41) is 10.2. The molecule has 0 unspecified atom stereocenters. The molecule has 17 heavy (non-hydrogen) atoms. The van der Waals surface area contributed by atoms with Crippen molar-refractivity contribution in [3.8, 4) is 6.07 Å². The Morgan fingerprint density at radius 2 is 1.88 bits per heavy atom. The normalized spacial score (nSPS) is 21.4. The monoisotopic (exact) mass is 246 g/mol. The summed E-state index contributed by atoms with van der Waals surface area (Å²) >= 11 is 1.83. The smallest absolute Gasteiger partial charge is 0.0962 e. The first kappa shape index (κ1) is 11.2. The lowest BCUT2D eigenvalue weighted by Gasteiger charge is -2.18. The van der Waals surface area contributed by atoms with Crippen LogP contribution in [-0.4, -0.2) is 4.98 Å². The van der Waals surface area contributed by atoms with E-state index in [1.807, 2.05) is 11.3 Å². The summed E-state index contributed by atoms with van der Waals surface area (Å²) < 4.78 is 0. The molecule has 2 saturated carbocycles. The Kier molecular flexibility index (Phi) is 3.15. The molecule has 0 atom stereocenters. The minimum Gasteiger partial charge on any atom is -0.245 e. The predicted molar refractivity (Wildman–Crippen MR) is 69.2 cm³/mol. The van der Waals surface area contributed by atoms with E-state index in [4.69, 9.17) is 10.2 Å². The van der Waals surface area contributed by atoms with Crippen molar-refractivity contribution in [2.24, 2.45) is 0 Å². The van der Waals surface area contributed by atoms with Crippen LogP contribution < -0.4 is 0 Å². The zero-order valence-electron chi connectivity index (χ0n) is 10.1. The second-order valence-electron chi connectivity index (χ2n) is 5.30. The molecule has 90 valence electrons. The van der Waals surface area contributed by atoms with Crippen LogP contribution in [0.3, 0.4) is 0 Å². The van der Waals surface area contributed by atoms with Gasteiger partial charge in [-0.3, -0.25) is 0 Å². The summed E-state index contributed by atoms with van der Waals surface area (Å²) in [5.41, 5.74) is 1.28. The molecule has 0 bridgehead atoms. The molecule has 2 fully saturated rings. The van der Waals surface area contributed by atoms with E-state index in [1.165, 1.54) is 60.5 Å². The molecule has 1 aromatic rings. The standard InChI is InChI=1S/C14H18N2S/c15-9-8-12-13(10-6-7-10)16-14(17-12)11-4-2-1-3-5-11/h10-11H,1-8H2. The first-order valence-corrected chi connectivity index (χ1v) is 7.56. The van der Waals surface area contributed by atoms with Gasteiger partial charge in [0.2, 0.25) is 0 Å². The van der Waals surface area contributed by atoms with Gasteiger partial charge in [0.05, 0.1) is 23.2 Å². The number of rotatable bonds is 3. The van der Waals surface area contributed by atoms with E-state index >= 15 is 0 Å². The molecule has 3 rings (SSSR count). The van der Waals surface area contributed by atoms with Gasteiger partial charge in [-0.25, -0.2) is 4.98 Å². The maximum absolute atomic E-state index is 8.89. The van der Waals surface area contributed by atoms with Crippen LogP contribution in [0.1, 0.15) is 72.4 Å². The Hall–Kier alpha value is -0.880. The highest BCUT2D eigenvalue weighted by Crippen LogP contribution is 2.45. The van der Waals surface area contributed by atoms with Crippen LogP contribution in [0.2, 0.25) is 0 Å². The van der Waals surface area contributed by atoms with Gasteiger partial charge in [0.25, 0.3) is 0 Å². The summed E-state index contributed by atoms with van der Waals surface area (Å²) in [7, 11) is 0. The highest BCUT2D eigenvalue weighted by molar-refractivity contribution is 7.11. The van der Waals surface area contributed by atoms with Crippen LogP contribution in [0.5, 0.6) is 0 Å². The predicted octanol–water partition coefficient (Wildman–Crippen LogP) is 4.13. The highest BCUT2D eigenvalue weighted by Gasteiger charge is 2.31. The lowest BCUT2D eigenvalue weighted by atomic mass is 9.90. The van der Waals surface area contributed by atoms with Crippen LogP contribution >= 0.6 is 11.3 Å². The number of nitriles is 1. The molecule has 1 aromatic heterocycles. The van der Waals surface area contributed by atoms with Gasteiger partial charge >= 0.3 is 0 Å². The van der Waals surface area contributed by atoms with Gasteiger partial charge in [0.15, 0.2) is 0 Å². The molecule has 2 aliphatic carbocycles. The third-order valence-corrected chi connectivity index (χ3v) is 5.14. The largest absolute Gasteiger partial charge is 0.245 e. The lowest BCUT2D eigenvalue weighted by Crippen LogP contribution is -2.04. The topological polar surface area (TPSA) is 36.7 Å². The lowest BCUT2D eigenvalue weighted by molar-refractivity contribution is 0.442. The van der Waals surface area contributed by atoms with Crippen molar-refractivity contribution in [3.63, 3.8) is 0 Å². The Labute approximate surface area is 107 Å². The van der Waals surface area contributed by atoms with Crippen molar-refractivity contribution < 1.29 is 0 Å². The first-order chi connectivity index (χ1) is 8.38. The van der Waals surface area contributed by atoms with Gasteiger partial charge in [-0.1, -0.05) is 19.3 Å². The molecule has 3 heteroatoms. The molecule has 0 saturated heterocycles. The minimum atomic E-state index is 0.566. The van der Waals surface area contributed by atoms with Crippen molar-refractivity contribution in [2.45, 2.75) is 63.2 Å². The zero-order valence-corrected chi connectivity index (χ0v) is 10.9. The maximum atomic E-state index is 8.89. The summed E-state index contributed by atoms with van der Waals surface area (Å²) in [6, 6.07) is 2.29. The van der Waals surface area contributed by atoms with Crippen LogP contribution in [0, 0.1) is 11.3 Å². The fourth-order valence-electron chi connectivity index (χ4n) is 2.78. The summed E-state index contributed by atoms with van der Waals surface area (Å²) in [6.07, 6.45) is 9.86. The minimum absolute atomic E-state index is 0.566.